The summed E-state index contributed by atoms with van der Waals surface area (Å²) < 4.78 is 42.5. The van der Waals surface area contributed by atoms with Gasteiger partial charge in [-0.3, -0.25) is 24.0 Å². The largest absolute Gasteiger partial charge is 0.573 e. The minimum atomic E-state index is -4.91. The van der Waals surface area contributed by atoms with Gasteiger partial charge in [-0.05, 0) is 37.0 Å². The van der Waals surface area contributed by atoms with Crippen LogP contribution in [0.2, 0.25) is 0 Å². The Morgan fingerprint density at radius 2 is 1.46 bits per heavy atom. The molecule has 16 heteroatoms. The Kier molecular flexibility index (Phi) is 12.9. The van der Waals surface area contributed by atoms with E-state index in [0.29, 0.717) is 5.56 Å². The summed E-state index contributed by atoms with van der Waals surface area (Å²) in [5.41, 5.74) is 6.85. The molecule has 0 saturated carbocycles. The molecule has 0 aliphatic heterocycles. The number of carboxylic acid groups (broad SMARTS) is 1. The molecule has 0 fully saturated rings. The van der Waals surface area contributed by atoms with Crippen molar-refractivity contribution < 1.29 is 47.0 Å². The molecular formula is C32H39F3N6O7. The number of nitrogens with two attached hydrogens (primary N) is 1. The molecule has 2 aromatic carbocycles. The number of alkyl halides is 3. The van der Waals surface area contributed by atoms with Crippen LogP contribution < -0.4 is 31.7 Å². The lowest BCUT2D eigenvalue weighted by molar-refractivity contribution is -0.275. The van der Waals surface area contributed by atoms with E-state index in [1.807, 2.05) is 26.0 Å². The van der Waals surface area contributed by atoms with E-state index in [9.17, 15) is 42.3 Å². The van der Waals surface area contributed by atoms with Gasteiger partial charge in [-0.2, -0.15) is 0 Å². The normalized spacial score (nSPS) is 14.1. The Morgan fingerprint density at radius 1 is 0.854 bits per heavy atom. The minimum Gasteiger partial charge on any atom is -0.481 e. The molecule has 48 heavy (non-hydrogen) atoms. The highest BCUT2D eigenvalue weighted by Crippen LogP contribution is 2.26. The monoisotopic (exact) mass is 676 g/mol. The second-order valence-electron chi connectivity index (χ2n) is 11.6. The number of carbonyl (C=O) groups is 5. The van der Waals surface area contributed by atoms with Crippen molar-refractivity contribution in [2.45, 2.75) is 77.1 Å². The topological polar surface area (TPSA) is 205 Å². The number of aromatic amines is 1. The van der Waals surface area contributed by atoms with Crippen molar-refractivity contribution in [2.24, 2.45) is 11.7 Å². The molecule has 3 aromatic rings. The first-order valence-corrected chi connectivity index (χ1v) is 15.1. The van der Waals surface area contributed by atoms with Gasteiger partial charge in [0, 0.05) is 35.6 Å². The summed E-state index contributed by atoms with van der Waals surface area (Å²) in [6.07, 6.45) is -3.95. The molecule has 0 unspecified atom stereocenters. The lowest BCUT2D eigenvalue weighted by Gasteiger charge is -2.26. The fourth-order valence-corrected chi connectivity index (χ4v) is 4.90. The molecule has 1 aromatic heterocycles. The SMILES string of the molecule is CC(C)C[C@H](NC(=O)[C@H](C)NCc1ccccc1OC(F)(F)F)C(=O)N[C@@H](Cc1c[nH]c2ccccc12)C(=O)N[C@@H](CC(=O)O)C(N)=O. The van der Waals surface area contributed by atoms with Crippen LogP contribution in [-0.2, 0) is 36.9 Å². The molecule has 0 radical (unpaired) electrons. The van der Waals surface area contributed by atoms with E-state index in [0.717, 1.165) is 17.0 Å². The van der Waals surface area contributed by atoms with Crippen LogP contribution in [0.3, 0.4) is 0 Å². The van der Waals surface area contributed by atoms with Gasteiger partial charge in [0.1, 0.15) is 23.9 Å². The molecule has 3 rings (SSSR count). The van der Waals surface area contributed by atoms with Crippen LogP contribution >= 0.6 is 0 Å². The van der Waals surface area contributed by atoms with Gasteiger partial charge in [-0.1, -0.05) is 50.2 Å². The number of carboxylic acids is 1. The van der Waals surface area contributed by atoms with E-state index in [2.05, 4.69) is 31.0 Å². The first-order chi connectivity index (χ1) is 22.5. The van der Waals surface area contributed by atoms with Gasteiger partial charge in [0.05, 0.1) is 12.5 Å². The van der Waals surface area contributed by atoms with Crippen molar-refractivity contribution in [1.82, 2.24) is 26.3 Å². The van der Waals surface area contributed by atoms with Gasteiger partial charge < -0.3 is 41.8 Å². The Bertz CT molecular complexity index is 1610. The number of fused-ring (bicyclic) bond motifs is 1. The van der Waals surface area contributed by atoms with Crippen LogP contribution in [-0.4, -0.2) is 70.2 Å². The summed E-state index contributed by atoms with van der Waals surface area (Å²) in [6, 6.07) is 7.67. The average molecular weight is 677 g/mol. The molecule has 0 spiro atoms. The number of rotatable bonds is 17. The van der Waals surface area contributed by atoms with Gasteiger partial charge >= 0.3 is 12.3 Å². The number of aliphatic carboxylic acids is 1. The fourth-order valence-electron chi connectivity index (χ4n) is 4.90. The quantitative estimate of drug-likeness (QED) is 0.113. The average Bonchev–Trinajstić information content (AvgIpc) is 3.40. The maximum absolute atomic E-state index is 13.7. The molecule has 1 heterocycles. The van der Waals surface area contributed by atoms with E-state index in [1.54, 1.807) is 18.3 Å². The summed E-state index contributed by atoms with van der Waals surface area (Å²) in [5.74, 6) is -5.24. The number of H-pyrrole nitrogens is 1. The van der Waals surface area contributed by atoms with E-state index >= 15 is 0 Å². The highest BCUT2D eigenvalue weighted by atomic mass is 19.4. The molecule has 4 atom stereocenters. The van der Waals surface area contributed by atoms with Crippen molar-refractivity contribution in [3.63, 3.8) is 0 Å². The zero-order chi connectivity index (χ0) is 35.6. The second kappa shape index (κ2) is 16.6. The van der Waals surface area contributed by atoms with Crippen LogP contribution in [0.25, 0.3) is 10.9 Å². The lowest BCUT2D eigenvalue weighted by atomic mass is 10.00. The molecule has 0 bridgehead atoms. The number of carbonyl (C=O) groups excluding carboxylic acids is 4. The van der Waals surface area contributed by atoms with Gasteiger partial charge in [0.2, 0.25) is 23.6 Å². The molecule has 0 saturated heterocycles. The van der Waals surface area contributed by atoms with Crippen LogP contribution in [0.5, 0.6) is 5.75 Å². The van der Waals surface area contributed by atoms with Gasteiger partial charge in [0.15, 0.2) is 0 Å². The zero-order valence-corrected chi connectivity index (χ0v) is 26.5. The van der Waals surface area contributed by atoms with Gasteiger partial charge in [-0.15, -0.1) is 13.2 Å². The van der Waals surface area contributed by atoms with Gasteiger partial charge in [0.25, 0.3) is 0 Å². The third-order valence-corrected chi connectivity index (χ3v) is 7.30. The van der Waals surface area contributed by atoms with Crippen LogP contribution in [0.4, 0.5) is 13.2 Å². The molecule has 8 N–H and O–H groups in total. The summed E-state index contributed by atoms with van der Waals surface area (Å²) in [4.78, 5) is 66.5. The van der Waals surface area contributed by atoms with E-state index in [4.69, 9.17) is 5.73 Å². The number of nitrogens with one attached hydrogen (secondary N) is 5. The van der Waals surface area contributed by atoms with Crippen molar-refractivity contribution in [2.75, 3.05) is 0 Å². The van der Waals surface area contributed by atoms with Crippen molar-refractivity contribution in [1.29, 1.82) is 0 Å². The number of hydrogen-bond donors (Lipinski definition) is 7. The predicted octanol–water partition coefficient (Wildman–Crippen LogP) is 2.25. The summed E-state index contributed by atoms with van der Waals surface area (Å²) in [5, 5.41) is 20.3. The highest BCUT2D eigenvalue weighted by molar-refractivity contribution is 5.96. The molecule has 0 aliphatic carbocycles. The van der Waals surface area contributed by atoms with Crippen molar-refractivity contribution in [3.05, 3.63) is 65.9 Å². The molecular weight excluding hydrogens is 637 g/mol. The third-order valence-electron chi connectivity index (χ3n) is 7.30. The minimum absolute atomic E-state index is 0.0696. The number of amides is 4. The second-order valence-corrected chi connectivity index (χ2v) is 11.6. The van der Waals surface area contributed by atoms with Crippen molar-refractivity contribution in [3.8, 4) is 5.75 Å². The van der Waals surface area contributed by atoms with Crippen LogP contribution in [0.15, 0.2) is 54.7 Å². The predicted molar refractivity (Wildman–Crippen MR) is 168 cm³/mol. The smallest absolute Gasteiger partial charge is 0.481 e. The van der Waals surface area contributed by atoms with E-state index in [-0.39, 0.29) is 30.9 Å². The summed E-state index contributed by atoms with van der Waals surface area (Å²) in [7, 11) is 0. The summed E-state index contributed by atoms with van der Waals surface area (Å²) >= 11 is 0. The van der Waals surface area contributed by atoms with Gasteiger partial charge in [-0.25, -0.2) is 0 Å². The van der Waals surface area contributed by atoms with Crippen LogP contribution in [0, 0.1) is 5.92 Å². The molecule has 4 amide bonds. The lowest BCUT2D eigenvalue weighted by Crippen LogP contribution is -2.58. The number of hydrogen-bond acceptors (Lipinski definition) is 7. The molecule has 13 nitrogen and oxygen atoms in total. The standard InChI is InChI=1S/C32H39F3N6O7/c1-17(2)12-24(40-29(45)18(3)37-15-19-8-4-7-11-26(19)48-32(33,34)35)30(46)41-25(31(47)39-23(28(36)44)14-27(42)43)13-20-16-38-22-10-6-5-9-21(20)22/h4-11,16-18,23-25,37-38H,12-15H2,1-3H3,(H2,36,44)(H,39,47)(H,40,45)(H,41,46)(H,42,43)/t18-,23-,24-,25-/m0/s1. The number of ether oxygens (including phenoxy) is 1. The maximum atomic E-state index is 13.7. The molecule has 260 valence electrons. The Hall–Kier alpha value is -5.12. The first-order valence-electron chi connectivity index (χ1n) is 15.1. The van der Waals surface area contributed by atoms with Crippen molar-refractivity contribution >= 4 is 40.5 Å². The third kappa shape index (κ3) is 11.3. The number of para-hydroxylation sites is 2. The zero-order valence-electron chi connectivity index (χ0n) is 26.5. The van der Waals surface area contributed by atoms with E-state index in [1.165, 1.54) is 25.1 Å². The number of halogens is 3. The number of primary amides is 1. The Balaban J connectivity index is 1.78. The maximum Gasteiger partial charge on any atom is 0.573 e. The number of aromatic nitrogens is 1. The fraction of sp³-hybridized carbons (Fsp3) is 0.406. The number of benzene rings is 2. The Morgan fingerprint density at radius 3 is 2.10 bits per heavy atom. The molecule has 0 aliphatic rings. The summed E-state index contributed by atoms with van der Waals surface area (Å²) in [6.45, 7) is 4.93. The first kappa shape index (κ1) is 37.3. The highest BCUT2D eigenvalue weighted by Gasteiger charge is 2.33. The van der Waals surface area contributed by atoms with Crippen LogP contribution in [0.1, 0.15) is 44.7 Å². The van der Waals surface area contributed by atoms with E-state index < -0.39 is 72.3 Å². The Labute approximate surface area is 274 Å².